The zero-order valence-corrected chi connectivity index (χ0v) is 18.4. The van der Waals surface area contributed by atoms with E-state index in [-0.39, 0.29) is 28.6 Å². The molecule has 0 aliphatic carbocycles. The van der Waals surface area contributed by atoms with Crippen LogP contribution in [0.5, 0.6) is 5.75 Å². The van der Waals surface area contributed by atoms with Crippen LogP contribution in [0.4, 0.5) is 4.39 Å². The third-order valence-corrected chi connectivity index (χ3v) is 8.19. The molecule has 1 fully saturated rings. The van der Waals surface area contributed by atoms with Gasteiger partial charge in [-0.15, -0.1) is 0 Å². The van der Waals surface area contributed by atoms with Crippen molar-refractivity contribution in [1.82, 2.24) is 9.03 Å². The lowest BCUT2D eigenvalue weighted by Gasteiger charge is -2.15. The normalized spacial score (nSPS) is 15.4. The van der Waals surface area contributed by atoms with E-state index < -0.39 is 31.6 Å². The number of nitrogens with zero attached hydrogens (tertiary/aromatic N) is 1. The van der Waals surface area contributed by atoms with Crippen molar-refractivity contribution in [3.8, 4) is 5.75 Å². The van der Waals surface area contributed by atoms with Gasteiger partial charge in [0.25, 0.3) is 0 Å². The molecule has 1 aliphatic heterocycles. The number of rotatable bonds is 9. The lowest BCUT2D eigenvalue weighted by atomic mass is 10.2. The predicted octanol–water partition coefficient (Wildman–Crippen LogP) is 2.76. The quantitative estimate of drug-likeness (QED) is 0.562. The maximum absolute atomic E-state index is 13.8. The van der Waals surface area contributed by atoms with Crippen LogP contribution in [-0.2, 0) is 25.8 Å². The second-order valence-electron chi connectivity index (χ2n) is 6.78. The molecular weight excluding hydrogens is 455 g/mol. The Morgan fingerprint density at radius 3 is 2.33 bits per heavy atom. The first kappa shape index (κ1) is 23.0. The van der Waals surface area contributed by atoms with Gasteiger partial charge in [0.15, 0.2) is 0 Å². The maximum atomic E-state index is 13.8. The summed E-state index contributed by atoms with van der Waals surface area (Å²) in [5, 5.41) is 0.0422. The van der Waals surface area contributed by atoms with Gasteiger partial charge in [-0.05, 0) is 49.2 Å². The van der Waals surface area contributed by atoms with Crippen LogP contribution in [0.1, 0.15) is 18.4 Å². The Bertz CT molecular complexity index is 1070. The Kier molecular flexibility index (Phi) is 7.35. The molecule has 2 aromatic carbocycles. The van der Waals surface area contributed by atoms with E-state index >= 15 is 0 Å². The fourth-order valence-corrected chi connectivity index (χ4v) is 6.06. The van der Waals surface area contributed by atoms with E-state index in [1.807, 2.05) is 0 Å². The predicted molar refractivity (Wildman–Crippen MR) is 112 cm³/mol. The summed E-state index contributed by atoms with van der Waals surface area (Å²) in [6, 6.07) is 9.95. The molecule has 2 aromatic rings. The summed E-state index contributed by atoms with van der Waals surface area (Å²) in [5.74, 6) is -0.860. The topological polar surface area (TPSA) is 92.8 Å². The molecule has 164 valence electrons. The molecule has 0 unspecified atom stereocenters. The lowest BCUT2D eigenvalue weighted by Crippen LogP contribution is -2.29. The third kappa shape index (κ3) is 5.70. The van der Waals surface area contributed by atoms with Crippen molar-refractivity contribution < 1.29 is 26.0 Å². The Balaban J connectivity index is 1.50. The lowest BCUT2D eigenvalue weighted by molar-refractivity contribution is 0.322. The first-order valence-electron chi connectivity index (χ1n) is 9.32. The van der Waals surface area contributed by atoms with Crippen molar-refractivity contribution in [2.24, 2.45) is 0 Å². The number of hydrogen-bond donors (Lipinski definition) is 1. The summed E-state index contributed by atoms with van der Waals surface area (Å²) in [7, 11) is -7.30. The molecule has 30 heavy (non-hydrogen) atoms. The zero-order chi connectivity index (χ0) is 21.8. The van der Waals surface area contributed by atoms with Crippen LogP contribution in [0.2, 0.25) is 5.02 Å². The average Bonchev–Trinajstić information content (AvgIpc) is 3.24. The summed E-state index contributed by atoms with van der Waals surface area (Å²) in [5.41, 5.74) is -0.0950. The van der Waals surface area contributed by atoms with E-state index in [0.29, 0.717) is 18.8 Å². The largest absolute Gasteiger partial charge is 0.492 e. The molecule has 7 nitrogen and oxygen atoms in total. The van der Waals surface area contributed by atoms with Gasteiger partial charge < -0.3 is 4.74 Å². The van der Waals surface area contributed by atoms with E-state index in [1.165, 1.54) is 40.7 Å². The minimum Gasteiger partial charge on any atom is -0.492 e. The van der Waals surface area contributed by atoms with E-state index in [9.17, 15) is 21.2 Å². The second kappa shape index (κ2) is 9.61. The fourth-order valence-electron chi connectivity index (χ4n) is 3.06. The first-order valence-corrected chi connectivity index (χ1v) is 12.8. The molecule has 0 atom stereocenters. The monoisotopic (exact) mass is 476 g/mol. The molecule has 0 spiro atoms. The van der Waals surface area contributed by atoms with Crippen molar-refractivity contribution in [3.63, 3.8) is 0 Å². The van der Waals surface area contributed by atoms with Crippen molar-refractivity contribution in [1.29, 1.82) is 0 Å². The van der Waals surface area contributed by atoms with Gasteiger partial charge >= 0.3 is 0 Å². The Labute approximate surface area is 180 Å². The average molecular weight is 477 g/mol. The van der Waals surface area contributed by atoms with E-state index in [2.05, 4.69) is 4.72 Å². The highest BCUT2D eigenvalue weighted by Crippen LogP contribution is 2.23. The summed E-state index contributed by atoms with van der Waals surface area (Å²) in [4.78, 5) is 0.194. The number of hydrogen-bond acceptors (Lipinski definition) is 5. The summed E-state index contributed by atoms with van der Waals surface area (Å²) >= 11 is 5.86. The van der Waals surface area contributed by atoms with E-state index in [0.717, 1.165) is 18.9 Å². The van der Waals surface area contributed by atoms with Crippen molar-refractivity contribution in [2.45, 2.75) is 23.5 Å². The number of ether oxygens (including phenoxy) is 1. The number of benzene rings is 2. The van der Waals surface area contributed by atoms with Crippen LogP contribution in [-0.4, -0.2) is 47.4 Å². The van der Waals surface area contributed by atoms with Gasteiger partial charge in [0.1, 0.15) is 18.2 Å². The number of halogens is 2. The van der Waals surface area contributed by atoms with Gasteiger partial charge in [-0.2, -0.15) is 4.31 Å². The molecule has 3 rings (SSSR count). The molecule has 1 saturated heterocycles. The van der Waals surface area contributed by atoms with Gasteiger partial charge in [-0.1, -0.05) is 17.7 Å². The summed E-state index contributed by atoms with van der Waals surface area (Å²) in [6.07, 6.45) is 1.72. The maximum Gasteiger partial charge on any atom is 0.243 e. The second-order valence-corrected chi connectivity index (χ2v) is 10.9. The van der Waals surface area contributed by atoms with Gasteiger partial charge in [0.2, 0.25) is 20.0 Å². The highest BCUT2D eigenvalue weighted by Gasteiger charge is 2.27. The summed E-state index contributed by atoms with van der Waals surface area (Å²) < 4.78 is 72.2. The molecule has 0 bridgehead atoms. The molecule has 0 aromatic heterocycles. The van der Waals surface area contributed by atoms with Gasteiger partial charge in [-0.3, -0.25) is 0 Å². The SMILES string of the molecule is O=S(=O)(Cc1c(F)cccc1Cl)NCCOc1ccc(S(=O)(=O)N2CCCC2)cc1. The van der Waals surface area contributed by atoms with Crippen LogP contribution < -0.4 is 9.46 Å². The molecule has 1 N–H and O–H groups in total. The molecule has 0 radical (unpaired) electrons. The standard InChI is InChI=1S/C19H22ClFN2O5S2/c20-18-4-3-5-19(21)17(18)14-29(24,25)22-10-13-28-15-6-8-16(9-7-15)30(26,27)23-11-1-2-12-23/h3-9,22H,1-2,10-14H2. The van der Waals surface area contributed by atoms with E-state index in [1.54, 1.807) is 0 Å². The Morgan fingerprint density at radius 1 is 1.03 bits per heavy atom. The first-order chi connectivity index (χ1) is 14.2. The molecule has 0 saturated carbocycles. The van der Waals surface area contributed by atoms with Gasteiger partial charge in [0, 0.05) is 30.2 Å². The summed E-state index contributed by atoms with van der Waals surface area (Å²) in [6.45, 7) is 1.03. The van der Waals surface area contributed by atoms with Crippen molar-refractivity contribution >= 4 is 31.6 Å². The molecule has 1 aliphatic rings. The van der Waals surface area contributed by atoms with Crippen molar-refractivity contribution in [2.75, 3.05) is 26.2 Å². The molecular formula is C19H22ClFN2O5S2. The smallest absolute Gasteiger partial charge is 0.243 e. The Hall–Kier alpha value is -1.72. The fraction of sp³-hybridized carbons (Fsp3) is 0.368. The van der Waals surface area contributed by atoms with Crippen LogP contribution in [0.3, 0.4) is 0 Å². The zero-order valence-electron chi connectivity index (χ0n) is 16.1. The molecule has 11 heteroatoms. The van der Waals surface area contributed by atoms with Crippen molar-refractivity contribution in [3.05, 3.63) is 58.9 Å². The third-order valence-electron chi connectivity index (χ3n) is 4.62. The van der Waals surface area contributed by atoms with Crippen LogP contribution in [0.25, 0.3) is 0 Å². The minimum atomic E-state index is -3.81. The molecule has 1 heterocycles. The van der Waals surface area contributed by atoms with Crippen LogP contribution >= 0.6 is 11.6 Å². The van der Waals surface area contributed by atoms with Gasteiger partial charge in [-0.25, -0.2) is 25.9 Å². The number of nitrogens with one attached hydrogen (secondary N) is 1. The Morgan fingerprint density at radius 2 is 1.70 bits per heavy atom. The highest BCUT2D eigenvalue weighted by atomic mass is 35.5. The minimum absolute atomic E-state index is 0.0163. The van der Waals surface area contributed by atoms with E-state index in [4.69, 9.17) is 16.3 Å². The highest BCUT2D eigenvalue weighted by molar-refractivity contribution is 7.89. The van der Waals surface area contributed by atoms with Crippen LogP contribution in [0, 0.1) is 5.82 Å². The van der Waals surface area contributed by atoms with Crippen LogP contribution in [0.15, 0.2) is 47.4 Å². The molecule has 0 amide bonds. The number of sulfonamides is 2. The van der Waals surface area contributed by atoms with Gasteiger partial charge in [0.05, 0.1) is 10.6 Å².